The van der Waals surface area contributed by atoms with Crippen molar-refractivity contribution < 1.29 is 4.42 Å². The maximum Gasteiger partial charge on any atom is 0.164 e. The fourth-order valence-corrected chi connectivity index (χ4v) is 10.2. The molecule has 0 amide bonds. The van der Waals surface area contributed by atoms with Gasteiger partial charge in [0.25, 0.3) is 0 Å². The number of aromatic nitrogens is 3. The van der Waals surface area contributed by atoms with Gasteiger partial charge in [0.15, 0.2) is 17.5 Å². The molecule has 0 N–H and O–H groups in total. The number of nitrogens with zero attached hydrogens (tertiary/aromatic N) is 3. The molecule has 0 aliphatic heterocycles. The Morgan fingerprint density at radius 3 is 2.26 bits per heavy atom. The molecule has 3 heterocycles. The molecule has 6 aromatic carbocycles. The molecule has 3 aromatic heterocycles. The maximum absolute atomic E-state index is 6.56. The molecule has 0 fully saturated rings. The average molecular weight is 710 g/mol. The monoisotopic (exact) mass is 709 g/mol. The molecule has 54 heavy (non-hydrogen) atoms. The number of hydrogen-bond acceptors (Lipinski definition) is 5. The first kappa shape index (κ1) is 30.1. The van der Waals surface area contributed by atoms with Crippen LogP contribution in [0.5, 0.6) is 0 Å². The molecule has 3 aliphatic carbocycles. The number of thiophene rings is 1. The van der Waals surface area contributed by atoms with Gasteiger partial charge in [0.05, 0.1) is 0 Å². The Bertz CT molecular complexity index is 3160. The SMILES string of the molecule is C1=CC2=C3C(=CCc4ccc(-c5ccc6oc7cccc(-c8nc(-c9ccccc9)nc(-c9cccc%10sc%11ccccc%11c9%10)n8)c7c6c5)c(c43)CC2)C1. The predicted molar refractivity (Wildman–Crippen MR) is 223 cm³/mol. The van der Waals surface area contributed by atoms with Gasteiger partial charge in [-0.2, -0.15) is 0 Å². The summed E-state index contributed by atoms with van der Waals surface area (Å²) in [6, 6.07) is 42.9. The molecule has 9 aromatic rings. The first-order chi connectivity index (χ1) is 26.7. The predicted octanol–water partition coefficient (Wildman–Crippen LogP) is 12.9. The quantitative estimate of drug-likeness (QED) is 0.183. The number of furan rings is 1. The van der Waals surface area contributed by atoms with Gasteiger partial charge in [0.2, 0.25) is 0 Å². The highest BCUT2D eigenvalue weighted by Gasteiger charge is 2.29. The summed E-state index contributed by atoms with van der Waals surface area (Å²) in [5.41, 5.74) is 16.0. The highest BCUT2D eigenvalue weighted by molar-refractivity contribution is 7.25. The van der Waals surface area contributed by atoms with Crippen LogP contribution in [-0.4, -0.2) is 15.0 Å². The molecule has 12 rings (SSSR count). The van der Waals surface area contributed by atoms with Gasteiger partial charge in [0.1, 0.15) is 11.2 Å². The van der Waals surface area contributed by atoms with Crippen LogP contribution in [0, 0.1) is 0 Å². The van der Waals surface area contributed by atoms with E-state index in [-0.39, 0.29) is 0 Å². The zero-order valence-corrected chi connectivity index (χ0v) is 30.1. The van der Waals surface area contributed by atoms with Crippen molar-refractivity contribution in [2.45, 2.75) is 25.7 Å². The van der Waals surface area contributed by atoms with Crippen LogP contribution in [0.15, 0.2) is 155 Å². The van der Waals surface area contributed by atoms with E-state index in [1.54, 1.807) is 11.3 Å². The summed E-state index contributed by atoms with van der Waals surface area (Å²) in [5.74, 6) is 1.93. The minimum absolute atomic E-state index is 0.627. The third-order valence-electron chi connectivity index (χ3n) is 11.5. The van der Waals surface area contributed by atoms with Gasteiger partial charge >= 0.3 is 0 Å². The molecule has 0 radical (unpaired) electrons. The maximum atomic E-state index is 6.56. The lowest BCUT2D eigenvalue weighted by Gasteiger charge is -2.32. The molecule has 0 saturated carbocycles. The van der Waals surface area contributed by atoms with E-state index in [1.165, 1.54) is 64.7 Å². The second-order valence-corrected chi connectivity index (χ2v) is 15.6. The number of rotatable bonds is 4. The van der Waals surface area contributed by atoms with Gasteiger partial charge in [-0.25, -0.2) is 15.0 Å². The van der Waals surface area contributed by atoms with Crippen molar-refractivity contribution in [1.29, 1.82) is 0 Å². The van der Waals surface area contributed by atoms with E-state index >= 15 is 0 Å². The molecular formula is C49H31N3OS. The Balaban J connectivity index is 1.08. The normalized spacial score (nSPS) is 14.7. The van der Waals surface area contributed by atoms with Crippen LogP contribution in [0.4, 0.5) is 0 Å². The second kappa shape index (κ2) is 11.5. The van der Waals surface area contributed by atoms with Crippen LogP contribution < -0.4 is 0 Å². The van der Waals surface area contributed by atoms with Crippen molar-refractivity contribution in [2.24, 2.45) is 0 Å². The highest BCUT2D eigenvalue weighted by Crippen LogP contribution is 2.48. The fraction of sp³-hybridized carbons (Fsp3) is 0.0816. The largest absolute Gasteiger partial charge is 0.456 e. The van der Waals surface area contributed by atoms with Crippen LogP contribution in [0.3, 0.4) is 0 Å². The number of benzene rings is 6. The fourth-order valence-electron chi connectivity index (χ4n) is 9.11. The van der Waals surface area contributed by atoms with E-state index < -0.39 is 0 Å². The van der Waals surface area contributed by atoms with Gasteiger partial charge in [0, 0.05) is 47.6 Å². The molecule has 5 heteroatoms. The lowest BCUT2D eigenvalue weighted by Crippen LogP contribution is -2.15. The first-order valence-corrected chi connectivity index (χ1v) is 19.5. The van der Waals surface area contributed by atoms with Crippen molar-refractivity contribution in [3.63, 3.8) is 0 Å². The smallest absolute Gasteiger partial charge is 0.164 e. The van der Waals surface area contributed by atoms with E-state index in [2.05, 4.69) is 115 Å². The van der Waals surface area contributed by atoms with Gasteiger partial charge in [-0.15, -0.1) is 11.3 Å². The molecule has 4 nitrogen and oxygen atoms in total. The molecule has 0 bridgehead atoms. The van der Waals surface area contributed by atoms with E-state index in [9.17, 15) is 0 Å². The summed E-state index contributed by atoms with van der Waals surface area (Å²) in [6.07, 6.45) is 11.3. The van der Waals surface area contributed by atoms with Crippen LogP contribution in [0.1, 0.15) is 29.5 Å². The topological polar surface area (TPSA) is 51.8 Å². The third-order valence-corrected chi connectivity index (χ3v) is 12.7. The standard InChI is InChI=1S/C49H31N3OS/c1-2-9-31(10-3-1)47-50-48(52-49(51-47)37-15-8-18-42-46(37)35-13-4-5-17-41(35)54-42)36-14-7-16-40-45(36)38-27-32(23-26-39(38)53-40)33-24-21-30-20-19-28-11-6-12-29-22-25-34(33)44(30)43(28)29/h1-10,12-19,21,23-24,26-27H,11,20,22,25H2. The molecule has 254 valence electrons. The van der Waals surface area contributed by atoms with Crippen LogP contribution in [0.2, 0.25) is 0 Å². The molecule has 0 atom stereocenters. The minimum Gasteiger partial charge on any atom is -0.456 e. The van der Waals surface area contributed by atoms with Crippen LogP contribution in [-0.2, 0) is 12.8 Å². The lowest BCUT2D eigenvalue weighted by atomic mass is 9.71. The highest BCUT2D eigenvalue weighted by atomic mass is 32.1. The van der Waals surface area contributed by atoms with Gasteiger partial charge in [-0.05, 0) is 101 Å². The lowest BCUT2D eigenvalue weighted by molar-refractivity contribution is 0.669. The van der Waals surface area contributed by atoms with Crippen LogP contribution >= 0.6 is 11.3 Å². The number of hydrogen-bond donors (Lipinski definition) is 0. The summed E-state index contributed by atoms with van der Waals surface area (Å²) >= 11 is 1.80. The summed E-state index contributed by atoms with van der Waals surface area (Å²) in [6.45, 7) is 0. The Labute approximate surface area is 315 Å². The van der Waals surface area contributed by atoms with Gasteiger partial charge in [-0.3, -0.25) is 0 Å². The van der Waals surface area contributed by atoms with Crippen molar-refractivity contribution in [2.75, 3.05) is 0 Å². The molecule has 0 saturated heterocycles. The molecule has 3 aliphatic rings. The minimum atomic E-state index is 0.627. The molecular weight excluding hydrogens is 679 g/mol. The summed E-state index contributed by atoms with van der Waals surface area (Å²) in [5, 5.41) is 4.47. The van der Waals surface area contributed by atoms with Crippen molar-refractivity contribution in [3.8, 4) is 45.3 Å². The molecule has 0 spiro atoms. The summed E-state index contributed by atoms with van der Waals surface area (Å²) in [7, 11) is 0. The number of allylic oxidation sites excluding steroid dienone is 6. The van der Waals surface area contributed by atoms with E-state index in [1.807, 2.05) is 24.3 Å². The number of fused-ring (bicyclic) bond motifs is 6. The van der Waals surface area contributed by atoms with Crippen molar-refractivity contribution in [3.05, 3.63) is 167 Å². The van der Waals surface area contributed by atoms with E-state index in [0.29, 0.717) is 17.5 Å². The zero-order chi connectivity index (χ0) is 35.3. The zero-order valence-electron chi connectivity index (χ0n) is 29.3. The second-order valence-electron chi connectivity index (χ2n) is 14.5. The molecule has 0 unspecified atom stereocenters. The Morgan fingerprint density at radius 2 is 1.35 bits per heavy atom. The van der Waals surface area contributed by atoms with Crippen molar-refractivity contribution in [1.82, 2.24) is 15.0 Å². The third kappa shape index (κ3) is 4.45. The Hall–Kier alpha value is -6.43. The van der Waals surface area contributed by atoms with E-state index in [0.717, 1.165) is 64.3 Å². The Kier molecular flexibility index (Phi) is 6.42. The average Bonchev–Trinajstić information content (AvgIpc) is 3.81. The first-order valence-electron chi connectivity index (χ1n) is 18.7. The Morgan fingerprint density at radius 1 is 0.556 bits per heavy atom. The van der Waals surface area contributed by atoms with Gasteiger partial charge < -0.3 is 4.42 Å². The summed E-state index contributed by atoms with van der Waals surface area (Å²) < 4.78 is 9.03. The summed E-state index contributed by atoms with van der Waals surface area (Å²) in [4.78, 5) is 15.6. The van der Waals surface area contributed by atoms with Crippen molar-refractivity contribution >= 4 is 59.0 Å². The van der Waals surface area contributed by atoms with Crippen LogP contribution in [0.25, 0.3) is 93.0 Å². The van der Waals surface area contributed by atoms with Gasteiger partial charge in [-0.1, -0.05) is 109 Å². The van der Waals surface area contributed by atoms with E-state index in [4.69, 9.17) is 19.4 Å².